The SMILES string of the molecule is Nc1c(S(=O)(=O)c2ccccc2)c2nc3ccccc3nc2n1/N=C\c1ccccc1O. The number of nitrogens with zero attached hydrogens (tertiary/aromatic N) is 4. The molecule has 5 aromatic rings. The fourth-order valence-corrected chi connectivity index (χ4v) is 4.94. The summed E-state index contributed by atoms with van der Waals surface area (Å²) in [6.07, 6.45) is 1.39. The van der Waals surface area contributed by atoms with Crippen LogP contribution in [0.1, 0.15) is 5.56 Å². The summed E-state index contributed by atoms with van der Waals surface area (Å²) in [5.74, 6) is -0.0919. The number of phenols is 1. The standard InChI is InChI=1S/C23H17N5O3S/c24-22-21(32(30,31)16-9-2-1-3-10-16)20-23(27-18-12-6-5-11-17(18)26-20)28(22)25-14-15-8-4-7-13-19(15)29/h1-14,29H,24H2/b25-14-. The summed E-state index contributed by atoms with van der Waals surface area (Å²) < 4.78 is 28.2. The third-order valence-corrected chi connectivity index (χ3v) is 6.83. The summed E-state index contributed by atoms with van der Waals surface area (Å²) in [5, 5.41) is 14.4. The van der Waals surface area contributed by atoms with Crippen LogP contribution in [0.2, 0.25) is 0 Å². The number of aromatic nitrogens is 3. The molecule has 0 spiro atoms. The van der Waals surface area contributed by atoms with E-state index in [2.05, 4.69) is 15.1 Å². The van der Waals surface area contributed by atoms with Gasteiger partial charge in [0.1, 0.15) is 22.0 Å². The van der Waals surface area contributed by atoms with Crippen LogP contribution >= 0.6 is 0 Å². The zero-order valence-corrected chi connectivity index (χ0v) is 17.4. The topological polar surface area (TPSA) is 123 Å². The normalized spacial score (nSPS) is 12.1. The molecule has 9 heteroatoms. The first-order chi connectivity index (χ1) is 15.5. The number of aromatic hydroxyl groups is 1. The molecule has 0 aliphatic carbocycles. The Balaban J connectivity index is 1.82. The van der Waals surface area contributed by atoms with Gasteiger partial charge in [0, 0.05) is 5.56 Å². The lowest BCUT2D eigenvalue weighted by atomic mass is 10.2. The van der Waals surface area contributed by atoms with Gasteiger partial charge in [-0.05, 0) is 36.4 Å². The lowest BCUT2D eigenvalue weighted by Gasteiger charge is -2.04. The maximum Gasteiger partial charge on any atom is 0.212 e. The van der Waals surface area contributed by atoms with Gasteiger partial charge in [0.25, 0.3) is 0 Å². The lowest BCUT2D eigenvalue weighted by molar-refractivity contribution is 0.474. The molecule has 0 unspecified atom stereocenters. The number of fused-ring (bicyclic) bond motifs is 2. The molecule has 3 aromatic carbocycles. The van der Waals surface area contributed by atoms with Crippen molar-refractivity contribution in [3.05, 3.63) is 84.4 Å². The Morgan fingerprint density at radius 2 is 1.50 bits per heavy atom. The van der Waals surface area contributed by atoms with E-state index in [9.17, 15) is 13.5 Å². The van der Waals surface area contributed by atoms with Crippen LogP contribution in [0.25, 0.3) is 22.2 Å². The second-order valence-corrected chi connectivity index (χ2v) is 8.92. The van der Waals surface area contributed by atoms with Gasteiger partial charge in [-0.3, -0.25) is 0 Å². The van der Waals surface area contributed by atoms with Crippen molar-refractivity contribution in [3.63, 3.8) is 0 Å². The summed E-state index contributed by atoms with van der Waals surface area (Å²) in [6, 6.07) is 21.8. The number of nitrogen functional groups attached to an aromatic ring is 1. The van der Waals surface area contributed by atoms with Crippen LogP contribution in [0.3, 0.4) is 0 Å². The number of phenolic OH excluding ortho intramolecular Hbond substituents is 1. The predicted molar refractivity (Wildman–Crippen MR) is 122 cm³/mol. The third-order valence-electron chi connectivity index (χ3n) is 5.00. The first kappa shape index (κ1) is 19.7. The molecule has 0 radical (unpaired) electrons. The molecule has 32 heavy (non-hydrogen) atoms. The minimum atomic E-state index is -4.01. The van der Waals surface area contributed by atoms with Gasteiger partial charge < -0.3 is 10.8 Å². The maximum atomic E-state index is 13.5. The minimum Gasteiger partial charge on any atom is -0.507 e. The highest BCUT2D eigenvalue weighted by molar-refractivity contribution is 7.92. The van der Waals surface area contributed by atoms with Crippen molar-refractivity contribution in [2.45, 2.75) is 9.79 Å². The Bertz CT molecular complexity index is 1610. The highest BCUT2D eigenvalue weighted by Gasteiger charge is 2.30. The van der Waals surface area contributed by atoms with E-state index < -0.39 is 9.84 Å². The largest absolute Gasteiger partial charge is 0.507 e. The first-order valence-corrected chi connectivity index (χ1v) is 11.1. The quantitative estimate of drug-likeness (QED) is 0.409. The molecular formula is C23H17N5O3S. The summed E-state index contributed by atoms with van der Waals surface area (Å²) in [7, 11) is -4.01. The maximum absolute atomic E-state index is 13.5. The molecule has 8 nitrogen and oxygen atoms in total. The molecule has 0 aliphatic heterocycles. The van der Waals surface area contributed by atoms with E-state index in [-0.39, 0.29) is 32.5 Å². The highest BCUT2D eigenvalue weighted by atomic mass is 32.2. The van der Waals surface area contributed by atoms with E-state index >= 15 is 0 Å². The predicted octanol–water partition coefficient (Wildman–Crippen LogP) is 3.59. The molecule has 0 saturated heterocycles. The lowest BCUT2D eigenvalue weighted by Crippen LogP contribution is -2.06. The van der Waals surface area contributed by atoms with Crippen LogP contribution in [0.15, 0.2) is 93.8 Å². The van der Waals surface area contributed by atoms with Crippen LogP contribution in [-0.2, 0) is 9.84 Å². The van der Waals surface area contributed by atoms with Crippen LogP contribution in [0.4, 0.5) is 5.82 Å². The van der Waals surface area contributed by atoms with E-state index in [0.717, 1.165) is 0 Å². The molecule has 0 atom stereocenters. The number of hydrogen-bond acceptors (Lipinski definition) is 7. The van der Waals surface area contributed by atoms with E-state index in [0.29, 0.717) is 16.6 Å². The third kappa shape index (κ3) is 3.15. The number of rotatable bonds is 4. The molecule has 0 bridgehead atoms. The molecule has 0 fully saturated rings. The van der Waals surface area contributed by atoms with Crippen molar-refractivity contribution in [2.75, 3.05) is 5.73 Å². The molecule has 2 heterocycles. The van der Waals surface area contributed by atoms with Crippen LogP contribution in [0, 0.1) is 0 Å². The van der Waals surface area contributed by atoms with Crippen molar-refractivity contribution in [2.24, 2.45) is 5.10 Å². The Labute approximate surface area is 183 Å². The van der Waals surface area contributed by atoms with Crippen molar-refractivity contribution in [1.29, 1.82) is 0 Å². The van der Waals surface area contributed by atoms with Crippen molar-refractivity contribution < 1.29 is 13.5 Å². The van der Waals surface area contributed by atoms with E-state index in [4.69, 9.17) is 5.73 Å². The fourth-order valence-electron chi connectivity index (χ4n) is 3.44. The van der Waals surface area contributed by atoms with Gasteiger partial charge in [-0.2, -0.15) is 9.78 Å². The number of sulfone groups is 1. The van der Waals surface area contributed by atoms with E-state index in [1.165, 1.54) is 29.1 Å². The second-order valence-electron chi connectivity index (χ2n) is 7.03. The monoisotopic (exact) mass is 443 g/mol. The van der Waals surface area contributed by atoms with Crippen molar-refractivity contribution in [1.82, 2.24) is 14.6 Å². The molecule has 5 rings (SSSR count). The first-order valence-electron chi connectivity index (χ1n) is 9.66. The molecule has 158 valence electrons. The molecule has 0 amide bonds. The average Bonchev–Trinajstić information content (AvgIpc) is 3.08. The van der Waals surface area contributed by atoms with Gasteiger partial charge >= 0.3 is 0 Å². The van der Waals surface area contributed by atoms with Gasteiger partial charge in [0.2, 0.25) is 9.84 Å². The number of para-hydroxylation sites is 3. The van der Waals surface area contributed by atoms with Gasteiger partial charge in [-0.25, -0.2) is 18.4 Å². The van der Waals surface area contributed by atoms with Crippen LogP contribution < -0.4 is 5.73 Å². The van der Waals surface area contributed by atoms with Gasteiger partial charge in [0.05, 0.1) is 22.1 Å². The van der Waals surface area contributed by atoms with Gasteiger partial charge in [-0.1, -0.05) is 42.5 Å². The number of anilines is 1. The van der Waals surface area contributed by atoms with Gasteiger partial charge in [0.15, 0.2) is 5.65 Å². The Hall–Kier alpha value is -4.24. The van der Waals surface area contributed by atoms with Crippen LogP contribution in [0.5, 0.6) is 5.75 Å². The number of nitrogens with two attached hydrogens (primary N) is 1. The molecule has 0 saturated carbocycles. The molecule has 0 aliphatic rings. The average molecular weight is 443 g/mol. The van der Waals surface area contributed by atoms with Crippen LogP contribution in [-0.4, -0.2) is 34.4 Å². The molecule has 3 N–H and O–H groups in total. The number of benzene rings is 3. The van der Waals surface area contributed by atoms with Crippen molar-refractivity contribution in [3.8, 4) is 5.75 Å². The summed E-state index contributed by atoms with van der Waals surface area (Å²) >= 11 is 0. The summed E-state index contributed by atoms with van der Waals surface area (Å²) in [6.45, 7) is 0. The Morgan fingerprint density at radius 3 is 2.22 bits per heavy atom. The highest BCUT2D eigenvalue weighted by Crippen LogP contribution is 2.35. The minimum absolute atomic E-state index is 0.0277. The van der Waals surface area contributed by atoms with E-state index in [1.54, 1.807) is 54.6 Å². The fraction of sp³-hybridized carbons (Fsp3) is 0. The molecule has 2 aromatic heterocycles. The Morgan fingerprint density at radius 1 is 0.875 bits per heavy atom. The van der Waals surface area contributed by atoms with Crippen molar-refractivity contribution >= 4 is 44.1 Å². The number of hydrogen-bond donors (Lipinski definition) is 2. The zero-order valence-electron chi connectivity index (χ0n) is 16.6. The summed E-state index contributed by atoms with van der Waals surface area (Å²) in [5.41, 5.74) is 8.20. The Kier molecular flexibility index (Phi) is 4.60. The molecular weight excluding hydrogens is 426 g/mol. The second kappa shape index (κ2) is 7.47. The van der Waals surface area contributed by atoms with Gasteiger partial charge in [-0.15, -0.1) is 0 Å². The smallest absolute Gasteiger partial charge is 0.212 e. The summed E-state index contributed by atoms with van der Waals surface area (Å²) in [4.78, 5) is 9.07. The zero-order chi connectivity index (χ0) is 22.3. The van der Waals surface area contributed by atoms with E-state index in [1.807, 2.05) is 6.07 Å².